The standard InChI is InChI=1S/C14H19FN2OS/c1-9-11(8-16)6-12(15)7-13(9)10(2)17-19(18)14(3,4)5/h6-7,10,17H,1-5H3/t10-,19+/m1/s1. The quantitative estimate of drug-likeness (QED) is 0.926. The summed E-state index contributed by atoms with van der Waals surface area (Å²) in [6, 6.07) is 4.28. The van der Waals surface area contributed by atoms with Crippen LogP contribution in [-0.2, 0) is 11.0 Å². The zero-order valence-corrected chi connectivity index (χ0v) is 12.7. The zero-order chi connectivity index (χ0) is 14.8. The first-order chi connectivity index (χ1) is 8.66. The Labute approximate surface area is 116 Å². The van der Waals surface area contributed by atoms with E-state index in [-0.39, 0.29) is 6.04 Å². The Morgan fingerprint density at radius 2 is 2.00 bits per heavy atom. The molecule has 0 aliphatic rings. The second-order valence-electron chi connectivity index (χ2n) is 5.50. The molecular formula is C14H19FN2OS. The van der Waals surface area contributed by atoms with Crippen molar-refractivity contribution in [1.82, 2.24) is 4.72 Å². The van der Waals surface area contributed by atoms with Gasteiger partial charge < -0.3 is 0 Å². The summed E-state index contributed by atoms with van der Waals surface area (Å²) < 4.78 is 28.1. The molecule has 0 aromatic heterocycles. The van der Waals surface area contributed by atoms with Crippen LogP contribution < -0.4 is 4.72 Å². The van der Waals surface area contributed by atoms with E-state index in [9.17, 15) is 8.60 Å². The van der Waals surface area contributed by atoms with E-state index < -0.39 is 21.5 Å². The summed E-state index contributed by atoms with van der Waals surface area (Å²) in [5.41, 5.74) is 1.69. The average molecular weight is 282 g/mol. The number of benzene rings is 1. The van der Waals surface area contributed by atoms with Gasteiger partial charge in [0.2, 0.25) is 0 Å². The summed E-state index contributed by atoms with van der Waals surface area (Å²) >= 11 is 0. The van der Waals surface area contributed by atoms with Crippen molar-refractivity contribution in [3.8, 4) is 6.07 Å². The van der Waals surface area contributed by atoms with Gasteiger partial charge in [-0.05, 0) is 57.9 Å². The Morgan fingerprint density at radius 1 is 1.42 bits per heavy atom. The Kier molecular flexibility index (Phi) is 4.83. The van der Waals surface area contributed by atoms with Crippen LogP contribution in [0.25, 0.3) is 0 Å². The van der Waals surface area contributed by atoms with Gasteiger partial charge in [0.1, 0.15) is 5.82 Å². The molecule has 3 nitrogen and oxygen atoms in total. The maximum atomic E-state index is 13.5. The molecule has 0 fully saturated rings. The highest BCUT2D eigenvalue weighted by Crippen LogP contribution is 2.23. The van der Waals surface area contributed by atoms with Crippen LogP contribution in [0, 0.1) is 24.1 Å². The van der Waals surface area contributed by atoms with Gasteiger partial charge in [-0.25, -0.2) is 13.3 Å². The topological polar surface area (TPSA) is 52.9 Å². The molecule has 104 valence electrons. The SMILES string of the molecule is Cc1c(C#N)cc(F)cc1[C@@H](C)N[S@@](=O)C(C)(C)C. The van der Waals surface area contributed by atoms with Crippen molar-refractivity contribution in [2.45, 2.75) is 45.4 Å². The fourth-order valence-electron chi connectivity index (χ4n) is 1.67. The molecule has 5 heteroatoms. The maximum Gasteiger partial charge on any atom is 0.124 e. The molecule has 0 saturated carbocycles. The molecule has 1 rings (SSSR count). The normalized spacial score (nSPS) is 14.8. The predicted molar refractivity (Wildman–Crippen MR) is 75.3 cm³/mol. The Morgan fingerprint density at radius 3 is 2.47 bits per heavy atom. The third-order valence-corrected chi connectivity index (χ3v) is 4.52. The van der Waals surface area contributed by atoms with Crippen LogP contribution in [-0.4, -0.2) is 8.96 Å². The molecule has 1 aromatic carbocycles. The van der Waals surface area contributed by atoms with E-state index in [1.54, 1.807) is 6.92 Å². The van der Waals surface area contributed by atoms with Crippen LogP contribution in [0.5, 0.6) is 0 Å². The molecule has 0 radical (unpaired) electrons. The maximum absolute atomic E-state index is 13.5. The lowest BCUT2D eigenvalue weighted by molar-refractivity contribution is 0.603. The van der Waals surface area contributed by atoms with Crippen LogP contribution >= 0.6 is 0 Å². The molecule has 19 heavy (non-hydrogen) atoms. The number of nitrogens with zero attached hydrogens (tertiary/aromatic N) is 1. The molecule has 0 bridgehead atoms. The Balaban J connectivity index is 3.08. The second-order valence-corrected chi connectivity index (χ2v) is 7.50. The number of hydrogen-bond acceptors (Lipinski definition) is 2. The number of rotatable bonds is 3. The first-order valence-corrected chi connectivity index (χ1v) is 7.20. The third-order valence-electron chi connectivity index (χ3n) is 2.84. The highest BCUT2D eigenvalue weighted by atomic mass is 32.2. The molecule has 0 aliphatic carbocycles. The van der Waals surface area contributed by atoms with Gasteiger partial charge in [0.15, 0.2) is 0 Å². The van der Waals surface area contributed by atoms with Gasteiger partial charge >= 0.3 is 0 Å². The molecule has 0 spiro atoms. The second kappa shape index (κ2) is 5.81. The van der Waals surface area contributed by atoms with Crippen LogP contribution in [0.4, 0.5) is 4.39 Å². The molecular weight excluding hydrogens is 263 g/mol. The van der Waals surface area contributed by atoms with E-state index in [0.29, 0.717) is 11.1 Å². The molecule has 1 aromatic rings. The van der Waals surface area contributed by atoms with E-state index in [1.807, 2.05) is 33.8 Å². The van der Waals surface area contributed by atoms with Crippen molar-refractivity contribution in [1.29, 1.82) is 5.26 Å². The highest BCUT2D eigenvalue weighted by molar-refractivity contribution is 7.84. The predicted octanol–water partition coefficient (Wildman–Crippen LogP) is 3.12. The molecule has 0 unspecified atom stereocenters. The van der Waals surface area contributed by atoms with Crippen LogP contribution in [0.3, 0.4) is 0 Å². The summed E-state index contributed by atoms with van der Waals surface area (Å²) in [6.07, 6.45) is 0. The van der Waals surface area contributed by atoms with Crippen LogP contribution in [0.15, 0.2) is 12.1 Å². The van der Waals surface area contributed by atoms with Crippen molar-refractivity contribution < 1.29 is 8.60 Å². The van der Waals surface area contributed by atoms with Gasteiger partial charge in [-0.3, -0.25) is 0 Å². The first-order valence-electron chi connectivity index (χ1n) is 6.05. The van der Waals surface area contributed by atoms with E-state index in [2.05, 4.69) is 4.72 Å². The Hall–Kier alpha value is -1.25. The molecule has 0 aliphatic heterocycles. The minimum Gasteiger partial charge on any atom is -0.242 e. The van der Waals surface area contributed by atoms with Gasteiger partial charge in [-0.2, -0.15) is 5.26 Å². The molecule has 1 N–H and O–H groups in total. The van der Waals surface area contributed by atoms with Gasteiger partial charge in [-0.1, -0.05) is 0 Å². The van der Waals surface area contributed by atoms with Gasteiger partial charge in [0, 0.05) is 6.04 Å². The van der Waals surface area contributed by atoms with Crippen molar-refractivity contribution in [3.63, 3.8) is 0 Å². The first kappa shape index (κ1) is 15.8. The lowest BCUT2D eigenvalue weighted by Crippen LogP contribution is -2.35. The molecule has 0 saturated heterocycles. The van der Waals surface area contributed by atoms with Crippen LogP contribution in [0.2, 0.25) is 0 Å². The zero-order valence-electron chi connectivity index (χ0n) is 11.9. The van der Waals surface area contributed by atoms with E-state index >= 15 is 0 Å². The lowest BCUT2D eigenvalue weighted by Gasteiger charge is -2.23. The van der Waals surface area contributed by atoms with E-state index in [4.69, 9.17) is 5.26 Å². The van der Waals surface area contributed by atoms with Gasteiger partial charge in [-0.15, -0.1) is 0 Å². The van der Waals surface area contributed by atoms with Crippen molar-refractivity contribution >= 4 is 11.0 Å². The number of hydrogen-bond donors (Lipinski definition) is 1. The smallest absolute Gasteiger partial charge is 0.124 e. The summed E-state index contributed by atoms with van der Waals surface area (Å²) in [7, 11) is -1.25. The summed E-state index contributed by atoms with van der Waals surface area (Å²) in [6.45, 7) is 9.17. The number of nitriles is 1. The van der Waals surface area contributed by atoms with Gasteiger partial charge in [0.25, 0.3) is 0 Å². The summed E-state index contributed by atoms with van der Waals surface area (Å²) in [5, 5.41) is 8.96. The number of nitrogens with one attached hydrogen (secondary N) is 1. The molecule has 0 amide bonds. The summed E-state index contributed by atoms with van der Waals surface area (Å²) in [4.78, 5) is 0. The Bertz CT molecular complexity index is 544. The average Bonchev–Trinajstić information content (AvgIpc) is 2.30. The van der Waals surface area contributed by atoms with Crippen molar-refractivity contribution in [2.24, 2.45) is 0 Å². The third kappa shape index (κ3) is 3.85. The van der Waals surface area contributed by atoms with E-state index in [1.165, 1.54) is 12.1 Å². The fraction of sp³-hybridized carbons (Fsp3) is 0.500. The number of halogens is 1. The molecule has 0 heterocycles. The fourth-order valence-corrected chi connectivity index (χ4v) is 2.47. The van der Waals surface area contributed by atoms with Crippen molar-refractivity contribution in [3.05, 3.63) is 34.6 Å². The lowest BCUT2D eigenvalue weighted by atomic mass is 9.98. The van der Waals surface area contributed by atoms with Crippen molar-refractivity contribution in [2.75, 3.05) is 0 Å². The monoisotopic (exact) mass is 282 g/mol. The van der Waals surface area contributed by atoms with Gasteiger partial charge in [0.05, 0.1) is 27.4 Å². The van der Waals surface area contributed by atoms with E-state index in [0.717, 1.165) is 5.56 Å². The summed E-state index contributed by atoms with van der Waals surface area (Å²) in [5.74, 6) is -0.452. The highest BCUT2D eigenvalue weighted by Gasteiger charge is 2.23. The largest absolute Gasteiger partial charge is 0.242 e. The minimum absolute atomic E-state index is 0.289. The van der Waals surface area contributed by atoms with Crippen LogP contribution in [0.1, 0.15) is 50.4 Å². The minimum atomic E-state index is -1.25. The molecule has 2 atom stereocenters.